The quantitative estimate of drug-likeness (QED) is 0.678. The Hall–Kier alpha value is -3.62. The number of hydrogen-bond acceptors (Lipinski definition) is 4. The summed E-state index contributed by atoms with van der Waals surface area (Å²) in [5, 5.41) is 15.4. The average Bonchev–Trinajstić information content (AvgIpc) is 3.03. The first-order valence-corrected chi connectivity index (χ1v) is 7.96. The van der Waals surface area contributed by atoms with Crippen molar-refractivity contribution >= 4 is 17.6 Å². The molecule has 1 aromatic heterocycles. The molecule has 0 bridgehead atoms. The number of anilines is 1. The Bertz CT molecular complexity index is 1040. The van der Waals surface area contributed by atoms with Gasteiger partial charge in [-0.15, -0.1) is 0 Å². The predicted molar refractivity (Wildman–Crippen MR) is 93.0 cm³/mol. The zero-order chi connectivity index (χ0) is 20.5. The molecule has 0 saturated heterocycles. The fourth-order valence-corrected chi connectivity index (χ4v) is 2.61. The van der Waals surface area contributed by atoms with Crippen molar-refractivity contribution in [1.82, 2.24) is 5.16 Å². The van der Waals surface area contributed by atoms with E-state index in [9.17, 15) is 27.9 Å². The molecule has 0 saturated carbocycles. The first-order valence-electron chi connectivity index (χ1n) is 7.96. The van der Waals surface area contributed by atoms with Gasteiger partial charge in [0.1, 0.15) is 5.56 Å². The number of carboxylic acids is 1. The number of carbonyl (C=O) groups is 2. The van der Waals surface area contributed by atoms with Gasteiger partial charge < -0.3 is 14.9 Å². The highest BCUT2D eigenvalue weighted by molar-refractivity contribution is 6.10. The monoisotopic (exact) mass is 390 g/mol. The fourth-order valence-electron chi connectivity index (χ4n) is 2.61. The number of nitrogens with one attached hydrogen (secondary N) is 1. The second kappa shape index (κ2) is 7.18. The Morgan fingerprint density at radius 1 is 1.07 bits per heavy atom. The molecule has 0 radical (unpaired) electrons. The van der Waals surface area contributed by atoms with Crippen LogP contribution in [0.15, 0.2) is 53.1 Å². The Morgan fingerprint density at radius 3 is 2.32 bits per heavy atom. The van der Waals surface area contributed by atoms with Crippen molar-refractivity contribution in [3.63, 3.8) is 0 Å². The number of aromatic carboxylic acids is 1. The van der Waals surface area contributed by atoms with Crippen molar-refractivity contribution < 1.29 is 32.4 Å². The number of nitrogens with zero attached hydrogens (tertiary/aromatic N) is 1. The number of aryl methyl sites for hydroxylation is 1. The van der Waals surface area contributed by atoms with Crippen LogP contribution in [0, 0.1) is 6.92 Å². The summed E-state index contributed by atoms with van der Waals surface area (Å²) >= 11 is 0. The highest BCUT2D eigenvalue weighted by Crippen LogP contribution is 2.33. The molecule has 0 unspecified atom stereocenters. The van der Waals surface area contributed by atoms with Crippen molar-refractivity contribution in [3.05, 3.63) is 70.9 Å². The largest absolute Gasteiger partial charge is 0.478 e. The number of halogens is 3. The van der Waals surface area contributed by atoms with Crippen LogP contribution in [0.2, 0.25) is 0 Å². The van der Waals surface area contributed by atoms with E-state index in [2.05, 4.69) is 10.5 Å². The lowest BCUT2D eigenvalue weighted by atomic mass is 10.0. The van der Waals surface area contributed by atoms with Gasteiger partial charge in [-0.25, -0.2) is 4.79 Å². The molecule has 1 heterocycles. The maximum Gasteiger partial charge on any atom is 0.416 e. The van der Waals surface area contributed by atoms with Crippen molar-refractivity contribution in [2.24, 2.45) is 0 Å². The van der Waals surface area contributed by atoms with Crippen molar-refractivity contribution in [3.8, 4) is 11.3 Å². The molecule has 144 valence electrons. The summed E-state index contributed by atoms with van der Waals surface area (Å²) in [5.74, 6) is -1.93. The van der Waals surface area contributed by atoms with Gasteiger partial charge in [0, 0.05) is 5.56 Å². The molecule has 0 aliphatic rings. The first kappa shape index (κ1) is 19.2. The number of carboxylic acid groups (broad SMARTS) is 1. The number of hydrogen-bond donors (Lipinski definition) is 2. The highest BCUT2D eigenvalue weighted by atomic mass is 19.4. The lowest BCUT2D eigenvalue weighted by Gasteiger charge is -2.09. The number of para-hydroxylation sites is 1. The molecule has 0 fully saturated rings. The van der Waals surface area contributed by atoms with Crippen LogP contribution < -0.4 is 5.32 Å². The van der Waals surface area contributed by atoms with E-state index in [1.165, 1.54) is 37.3 Å². The molecule has 3 rings (SSSR count). The summed E-state index contributed by atoms with van der Waals surface area (Å²) in [7, 11) is 0. The van der Waals surface area contributed by atoms with Crippen LogP contribution in [0.4, 0.5) is 18.9 Å². The third-order valence-electron chi connectivity index (χ3n) is 3.97. The van der Waals surface area contributed by atoms with Crippen molar-refractivity contribution in [2.45, 2.75) is 13.1 Å². The summed E-state index contributed by atoms with van der Waals surface area (Å²) in [5.41, 5.74) is -0.445. The summed E-state index contributed by atoms with van der Waals surface area (Å²) in [6, 6.07) is 9.90. The van der Waals surface area contributed by atoms with E-state index >= 15 is 0 Å². The van der Waals surface area contributed by atoms with Gasteiger partial charge >= 0.3 is 12.1 Å². The molecule has 0 spiro atoms. The van der Waals surface area contributed by atoms with E-state index < -0.39 is 23.6 Å². The van der Waals surface area contributed by atoms with Gasteiger partial charge in [0.25, 0.3) is 5.91 Å². The summed E-state index contributed by atoms with van der Waals surface area (Å²) in [4.78, 5) is 24.0. The molecule has 9 heteroatoms. The summed E-state index contributed by atoms with van der Waals surface area (Å²) in [6.45, 7) is 1.50. The fraction of sp³-hybridized carbons (Fsp3) is 0.105. The minimum atomic E-state index is -4.49. The van der Waals surface area contributed by atoms with Crippen LogP contribution >= 0.6 is 0 Å². The third kappa shape index (κ3) is 3.73. The number of amides is 1. The zero-order valence-electron chi connectivity index (χ0n) is 14.4. The molecular formula is C19H13F3N2O4. The minimum absolute atomic E-state index is 0.0000458. The van der Waals surface area contributed by atoms with Gasteiger partial charge in [-0.3, -0.25) is 4.79 Å². The van der Waals surface area contributed by atoms with Gasteiger partial charge in [-0.2, -0.15) is 13.2 Å². The molecule has 0 atom stereocenters. The maximum absolute atomic E-state index is 12.7. The van der Waals surface area contributed by atoms with Crippen LogP contribution in [-0.4, -0.2) is 22.1 Å². The normalized spacial score (nSPS) is 11.3. The molecule has 3 aromatic rings. The van der Waals surface area contributed by atoms with Gasteiger partial charge in [-0.1, -0.05) is 29.4 Å². The molecule has 28 heavy (non-hydrogen) atoms. The lowest BCUT2D eigenvalue weighted by molar-refractivity contribution is -0.137. The SMILES string of the molecule is Cc1noc(-c2ccc(C(F)(F)F)cc2)c1C(=O)Nc1ccccc1C(=O)O. The Labute approximate surface area is 156 Å². The van der Waals surface area contributed by atoms with Gasteiger partial charge in [0.15, 0.2) is 5.76 Å². The van der Waals surface area contributed by atoms with Crippen LogP contribution in [0.5, 0.6) is 0 Å². The van der Waals surface area contributed by atoms with Gasteiger partial charge in [0.05, 0.1) is 22.5 Å². The zero-order valence-corrected chi connectivity index (χ0v) is 14.4. The Balaban J connectivity index is 1.95. The molecule has 2 aromatic carbocycles. The van der Waals surface area contributed by atoms with E-state index in [1.54, 1.807) is 6.07 Å². The number of rotatable bonds is 4. The molecule has 0 aliphatic carbocycles. The molecule has 0 aliphatic heterocycles. The Morgan fingerprint density at radius 2 is 1.71 bits per heavy atom. The summed E-state index contributed by atoms with van der Waals surface area (Å²) < 4.78 is 43.3. The van der Waals surface area contributed by atoms with Crippen LogP contribution in [0.3, 0.4) is 0 Å². The molecular weight excluding hydrogens is 377 g/mol. The van der Waals surface area contributed by atoms with E-state index in [4.69, 9.17) is 4.52 Å². The second-order valence-corrected chi connectivity index (χ2v) is 5.85. The maximum atomic E-state index is 12.7. The molecule has 6 nitrogen and oxygen atoms in total. The molecule has 1 amide bonds. The van der Waals surface area contributed by atoms with Crippen molar-refractivity contribution in [2.75, 3.05) is 5.32 Å². The first-order chi connectivity index (χ1) is 13.2. The van der Waals surface area contributed by atoms with E-state index in [-0.39, 0.29) is 33.8 Å². The van der Waals surface area contributed by atoms with Crippen molar-refractivity contribution in [1.29, 1.82) is 0 Å². The van der Waals surface area contributed by atoms with Crippen LogP contribution in [-0.2, 0) is 6.18 Å². The van der Waals surface area contributed by atoms with E-state index in [0.29, 0.717) is 0 Å². The molecule has 2 N–H and O–H groups in total. The number of carbonyl (C=O) groups excluding carboxylic acids is 1. The van der Waals surface area contributed by atoms with Gasteiger partial charge in [0.2, 0.25) is 0 Å². The number of alkyl halides is 3. The van der Waals surface area contributed by atoms with Gasteiger partial charge in [-0.05, 0) is 31.2 Å². The topological polar surface area (TPSA) is 92.4 Å². The summed E-state index contributed by atoms with van der Waals surface area (Å²) in [6.07, 6.45) is -4.49. The van der Waals surface area contributed by atoms with E-state index in [0.717, 1.165) is 12.1 Å². The standard InChI is InChI=1S/C19H13F3N2O4/c1-10-15(17(25)23-14-5-3-2-4-13(14)18(26)27)16(28-24-10)11-6-8-12(9-7-11)19(20,21)22/h2-9H,1H3,(H,23,25)(H,26,27). The highest BCUT2D eigenvalue weighted by Gasteiger charge is 2.30. The predicted octanol–water partition coefficient (Wildman–Crippen LogP) is 4.62. The lowest BCUT2D eigenvalue weighted by Crippen LogP contribution is -2.16. The smallest absolute Gasteiger partial charge is 0.416 e. The van der Waals surface area contributed by atoms with E-state index in [1.807, 2.05) is 0 Å². The average molecular weight is 390 g/mol. The number of aromatic nitrogens is 1. The minimum Gasteiger partial charge on any atom is -0.478 e. The van der Waals surface area contributed by atoms with Crippen LogP contribution in [0.25, 0.3) is 11.3 Å². The third-order valence-corrected chi connectivity index (χ3v) is 3.97. The number of benzene rings is 2. The second-order valence-electron chi connectivity index (χ2n) is 5.85. The Kier molecular flexibility index (Phi) is 4.91. The van der Waals surface area contributed by atoms with Crippen LogP contribution in [0.1, 0.15) is 32.0 Å².